The van der Waals surface area contributed by atoms with Crippen molar-refractivity contribution >= 4 is 0 Å². The maximum absolute atomic E-state index is 3.51. The smallest absolute Gasteiger partial charge is 0.0133 e. The number of allylic oxidation sites excluding steroid dienone is 1. The van der Waals surface area contributed by atoms with Gasteiger partial charge in [0.25, 0.3) is 0 Å². The van der Waals surface area contributed by atoms with Crippen molar-refractivity contribution in [3.05, 3.63) is 12.2 Å². The van der Waals surface area contributed by atoms with Crippen molar-refractivity contribution in [3.63, 3.8) is 0 Å². The molecule has 0 aromatic rings. The minimum atomic E-state index is 0.829. The summed E-state index contributed by atoms with van der Waals surface area (Å²) in [6.45, 7) is 1.24. The van der Waals surface area contributed by atoms with Gasteiger partial charge in [-0.05, 0) is 31.7 Å². The Morgan fingerprint density at radius 2 is 2.33 bits per heavy atom. The standard InChI is InChI=1S/C8H13N/c1-2-4-8-7(3-1)5-6-9-8/h1,3,7-9H,2,4-6H2/t7-,8-/m1/s1. The summed E-state index contributed by atoms with van der Waals surface area (Å²) >= 11 is 0. The van der Waals surface area contributed by atoms with Gasteiger partial charge in [0.2, 0.25) is 0 Å². The highest BCUT2D eigenvalue weighted by Crippen LogP contribution is 2.24. The highest BCUT2D eigenvalue weighted by Gasteiger charge is 2.25. The molecule has 1 heteroatoms. The first-order valence-electron chi connectivity index (χ1n) is 3.87. The van der Waals surface area contributed by atoms with Gasteiger partial charge in [0.15, 0.2) is 0 Å². The van der Waals surface area contributed by atoms with Crippen LogP contribution in [-0.2, 0) is 0 Å². The van der Waals surface area contributed by atoms with Crippen LogP contribution in [0, 0.1) is 5.92 Å². The fourth-order valence-electron chi connectivity index (χ4n) is 1.88. The number of fused-ring (bicyclic) bond motifs is 1. The Hall–Kier alpha value is -0.300. The molecule has 0 saturated carbocycles. The minimum absolute atomic E-state index is 0.829. The van der Waals surface area contributed by atoms with Gasteiger partial charge in [-0.15, -0.1) is 0 Å². The van der Waals surface area contributed by atoms with Crippen molar-refractivity contribution in [1.29, 1.82) is 0 Å². The molecule has 0 bridgehead atoms. The molecule has 0 amide bonds. The number of nitrogens with one attached hydrogen (secondary N) is 1. The van der Waals surface area contributed by atoms with Crippen molar-refractivity contribution in [2.75, 3.05) is 6.54 Å². The first-order valence-corrected chi connectivity index (χ1v) is 3.87. The molecular formula is C8H13N. The Labute approximate surface area is 56.1 Å². The van der Waals surface area contributed by atoms with E-state index in [-0.39, 0.29) is 0 Å². The molecule has 0 unspecified atom stereocenters. The molecule has 50 valence electrons. The Morgan fingerprint density at radius 3 is 3.22 bits per heavy atom. The van der Waals surface area contributed by atoms with Gasteiger partial charge < -0.3 is 5.32 Å². The average Bonchev–Trinajstić information content (AvgIpc) is 2.33. The van der Waals surface area contributed by atoms with E-state index in [9.17, 15) is 0 Å². The highest BCUT2D eigenvalue weighted by molar-refractivity contribution is 5.03. The molecule has 1 N–H and O–H groups in total. The van der Waals surface area contributed by atoms with Crippen LogP contribution >= 0.6 is 0 Å². The van der Waals surface area contributed by atoms with Crippen LogP contribution < -0.4 is 5.32 Å². The lowest BCUT2D eigenvalue weighted by molar-refractivity contribution is 0.473. The second-order valence-corrected chi connectivity index (χ2v) is 3.02. The zero-order chi connectivity index (χ0) is 6.10. The third kappa shape index (κ3) is 0.897. The van der Waals surface area contributed by atoms with Crippen LogP contribution in [0.25, 0.3) is 0 Å². The maximum Gasteiger partial charge on any atom is 0.0133 e. The second kappa shape index (κ2) is 2.14. The molecule has 2 atom stereocenters. The third-order valence-corrected chi connectivity index (χ3v) is 2.43. The SMILES string of the molecule is C1=C[C@@H]2CCN[C@@H]2CC1. The van der Waals surface area contributed by atoms with Gasteiger partial charge in [0.1, 0.15) is 0 Å². The first kappa shape index (κ1) is 5.48. The molecule has 0 spiro atoms. The van der Waals surface area contributed by atoms with E-state index in [1.165, 1.54) is 25.8 Å². The van der Waals surface area contributed by atoms with Crippen LogP contribution in [0.5, 0.6) is 0 Å². The second-order valence-electron chi connectivity index (χ2n) is 3.02. The van der Waals surface area contributed by atoms with E-state index >= 15 is 0 Å². The fraction of sp³-hybridized carbons (Fsp3) is 0.750. The Balaban J connectivity index is 2.10. The zero-order valence-corrected chi connectivity index (χ0v) is 5.64. The Bertz CT molecular complexity index is 129. The molecular weight excluding hydrogens is 110 g/mol. The van der Waals surface area contributed by atoms with Crippen molar-refractivity contribution in [2.24, 2.45) is 5.92 Å². The number of hydrogen-bond donors (Lipinski definition) is 1. The molecule has 0 radical (unpaired) electrons. The van der Waals surface area contributed by atoms with Crippen molar-refractivity contribution < 1.29 is 0 Å². The summed E-state index contributed by atoms with van der Waals surface area (Å²) in [5, 5.41) is 3.51. The first-order chi connectivity index (χ1) is 4.47. The van der Waals surface area contributed by atoms with Gasteiger partial charge in [-0.2, -0.15) is 0 Å². The van der Waals surface area contributed by atoms with E-state index in [1.807, 2.05) is 0 Å². The van der Waals surface area contributed by atoms with Gasteiger partial charge in [0.05, 0.1) is 0 Å². The predicted octanol–water partition coefficient (Wildman–Crippen LogP) is 1.31. The van der Waals surface area contributed by atoms with Crippen LogP contribution in [0.4, 0.5) is 0 Å². The molecule has 1 fully saturated rings. The molecule has 0 aromatic carbocycles. The van der Waals surface area contributed by atoms with E-state index in [2.05, 4.69) is 17.5 Å². The van der Waals surface area contributed by atoms with Crippen molar-refractivity contribution in [3.8, 4) is 0 Å². The highest BCUT2D eigenvalue weighted by atomic mass is 14.9. The third-order valence-electron chi connectivity index (χ3n) is 2.43. The van der Waals surface area contributed by atoms with Gasteiger partial charge in [0, 0.05) is 6.04 Å². The zero-order valence-electron chi connectivity index (χ0n) is 5.64. The van der Waals surface area contributed by atoms with Crippen molar-refractivity contribution in [1.82, 2.24) is 5.32 Å². The molecule has 2 aliphatic rings. The fourth-order valence-corrected chi connectivity index (χ4v) is 1.88. The van der Waals surface area contributed by atoms with Crippen LogP contribution in [-0.4, -0.2) is 12.6 Å². The van der Waals surface area contributed by atoms with Crippen LogP contribution in [0.3, 0.4) is 0 Å². The minimum Gasteiger partial charge on any atom is -0.313 e. The van der Waals surface area contributed by atoms with Gasteiger partial charge in [-0.25, -0.2) is 0 Å². The van der Waals surface area contributed by atoms with Gasteiger partial charge >= 0.3 is 0 Å². The molecule has 1 nitrogen and oxygen atoms in total. The maximum atomic E-state index is 3.51. The normalized spacial score (nSPS) is 40.9. The monoisotopic (exact) mass is 123 g/mol. The van der Waals surface area contributed by atoms with Gasteiger partial charge in [-0.3, -0.25) is 0 Å². The molecule has 2 rings (SSSR count). The topological polar surface area (TPSA) is 12.0 Å². The molecule has 1 aliphatic carbocycles. The molecule has 0 aromatic heterocycles. The van der Waals surface area contributed by atoms with E-state index < -0.39 is 0 Å². The quantitative estimate of drug-likeness (QED) is 0.479. The van der Waals surface area contributed by atoms with E-state index in [1.54, 1.807) is 0 Å². The van der Waals surface area contributed by atoms with E-state index in [0.29, 0.717) is 0 Å². The molecule has 1 aliphatic heterocycles. The van der Waals surface area contributed by atoms with Crippen molar-refractivity contribution in [2.45, 2.75) is 25.3 Å². The lowest BCUT2D eigenvalue weighted by Gasteiger charge is -2.18. The van der Waals surface area contributed by atoms with Crippen LogP contribution in [0.2, 0.25) is 0 Å². The number of hydrogen-bond acceptors (Lipinski definition) is 1. The van der Waals surface area contributed by atoms with E-state index in [4.69, 9.17) is 0 Å². The lowest BCUT2D eigenvalue weighted by atomic mass is 9.92. The summed E-state index contributed by atoms with van der Waals surface area (Å²) in [5.74, 6) is 0.874. The average molecular weight is 123 g/mol. The predicted molar refractivity (Wildman–Crippen MR) is 38.3 cm³/mol. The van der Waals surface area contributed by atoms with E-state index in [0.717, 1.165) is 12.0 Å². The Kier molecular flexibility index (Phi) is 1.31. The summed E-state index contributed by atoms with van der Waals surface area (Å²) in [4.78, 5) is 0. The molecule has 9 heavy (non-hydrogen) atoms. The number of rotatable bonds is 0. The van der Waals surface area contributed by atoms with Gasteiger partial charge in [-0.1, -0.05) is 12.2 Å². The van der Waals surface area contributed by atoms with Crippen LogP contribution in [0.15, 0.2) is 12.2 Å². The lowest BCUT2D eigenvalue weighted by Crippen LogP contribution is -2.27. The molecule has 1 saturated heterocycles. The largest absolute Gasteiger partial charge is 0.313 e. The summed E-state index contributed by atoms with van der Waals surface area (Å²) < 4.78 is 0. The Morgan fingerprint density at radius 1 is 1.33 bits per heavy atom. The summed E-state index contributed by atoms with van der Waals surface area (Å²) in [6, 6.07) is 0.829. The molecule has 1 heterocycles. The summed E-state index contributed by atoms with van der Waals surface area (Å²) in [7, 11) is 0. The summed E-state index contributed by atoms with van der Waals surface area (Å²) in [6.07, 6.45) is 8.72. The summed E-state index contributed by atoms with van der Waals surface area (Å²) in [5.41, 5.74) is 0. The van der Waals surface area contributed by atoms with Crippen LogP contribution in [0.1, 0.15) is 19.3 Å².